The lowest BCUT2D eigenvalue weighted by Gasteiger charge is -2.27. The van der Waals surface area contributed by atoms with Crippen molar-refractivity contribution in [2.75, 3.05) is 45.0 Å². The lowest BCUT2D eigenvalue weighted by atomic mass is 10.2. The molecule has 2 aliphatic rings. The number of nitrogens with one attached hydrogen (secondary N) is 1. The minimum Gasteiger partial charge on any atom is -0.353 e. The monoisotopic (exact) mass is 468 g/mol. The molecule has 2 aliphatic heterocycles. The number of sulfonamides is 1. The second kappa shape index (κ2) is 10.1. The number of imide groups is 1. The molecule has 0 aliphatic carbocycles. The maximum atomic E-state index is 12.9. The number of nitrogens with zero attached hydrogens (tertiary/aromatic N) is 3. The zero-order chi connectivity index (χ0) is 22.6. The van der Waals surface area contributed by atoms with Crippen molar-refractivity contribution in [3.63, 3.8) is 0 Å². The Balaban J connectivity index is 1.52. The van der Waals surface area contributed by atoms with Crippen molar-refractivity contribution in [1.29, 1.82) is 0 Å². The molecule has 0 saturated carbocycles. The van der Waals surface area contributed by atoms with Crippen LogP contribution in [0.1, 0.15) is 18.9 Å². The molecule has 0 unspecified atom stereocenters. The first kappa shape index (κ1) is 23.7. The molecule has 9 nitrogen and oxygen atoms in total. The fraction of sp³-hybridized carbons (Fsp3) is 0.550. The summed E-state index contributed by atoms with van der Waals surface area (Å²) in [6.45, 7) is 5.80. The Bertz CT molecular complexity index is 919. The molecule has 0 aromatic heterocycles. The maximum absolute atomic E-state index is 12.9. The summed E-state index contributed by atoms with van der Waals surface area (Å²) in [6, 6.07) is 6.37. The van der Waals surface area contributed by atoms with Gasteiger partial charge in [-0.3, -0.25) is 24.2 Å². The van der Waals surface area contributed by atoms with Gasteiger partial charge < -0.3 is 5.32 Å². The molecule has 1 atom stereocenters. The summed E-state index contributed by atoms with van der Waals surface area (Å²) in [4.78, 5) is 39.2. The van der Waals surface area contributed by atoms with E-state index >= 15 is 0 Å². The van der Waals surface area contributed by atoms with Gasteiger partial charge in [-0.05, 0) is 32.4 Å². The molecule has 2 saturated heterocycles. The van der Waals surface area contributed by atoms with Gasteiger partial charge >= 0.3 is 0 Å². The molecule has 2 fully saturated rings. The van der Waals surface area contributed by atoms with E-state index in [0.717, 1.165) is 22.2 Å². The molecule has 11 heteroatoms. The highest BCUT2D eigenvalue weighted by atomic mass is 32.2. The van der Waals surface area contributed by atoms with Crippen LogP contribution in [0.4, 0.5) is 4.79 Å². The van der Waals surface area contributed by atoms with E-state index in [2.05, 4.69) is 5.32 Å². The molecule has 1 aromatic rings. The van der Waals surface area contributed by atoms with E-state index in [-0.39, 0.29) is 40.8 Å². The summed E-state index contributed by atoms with van der Waals surface area (Å²) in [5.74, 6) is -0.292. The van der Waals surface area contributed by atoms with Gasteiger partial charge in [0.2, 0.25) is 21.8 Å². The first-order valence-corrected chi connectivity index (χ1v) is 12.7. The number of benzene rings is 1. The minimum atomic E-state index is -3.57. The highest BCUT2D eigenvalue weighted by Crippen LogP contribution is 2.19. The SMILES string of the molecule is Cc1ccc(S(=O)(=O)N2CCCN([C@@H](C)C(=O)NCCN3C(=O)CSC3=O)CC2)cc1. The van der Waals surface area contributed by atoms with Crippen LogP contribution in [0.25, 0.3) is 0 Å². The van der Waals surface area contributed by atoms with Crippen LogP contribution in [0.2, 0.25) is 0 Å². The number of amides is 3. The summed E-state index contributed by atoms with van der Waals surface area (Å²) >= 11 is 0.968. The van der Waals surface area contributed by atoms with E-state index < -0.39 is 16.1 Å². The third-order valence-electron chi connectivity index (χ3n) is 5.55. The van der Waals surface area contributed by atoms with Gasteiger partial charge in [-0.25, -0.2) is 8.42 Å². The van der Waals surface area contributed by atoms with E-state index in [1.165, 1.54) is 4.31 Å². The van der Waals surface area contributed by atoms with Gasteiger partial charge in [-0.15, -0.1) is 0 Å². The average molecular weight is 469 g/mol. The zero-order valence-corrected chi connectivity index (χ0v) is 19.4. The van der Waals surface area contributed by atoms with Crippen LogP contribution in [-0.2, 0) is 19.6 Å². The molecular weight excluding hydrogens is 440 g/mol. The van der Waals surface area contributed by atoms with Crippen LogP contribution >= 0.6 is 11.8 Å². The fourth-order valence-corrected chi connectivity index (χ4v) is 5.82. The smallest absolute Gasteiger partial charge is 0.288 e. The van der Waals surface area contributed by atoms with Gasteiger partial charge in [-0.2, -0.15) is 4.31 Å². The quantitative estimate of drug-likeness (QED) is 0.633. The average Bonchev–Trinajstić information content (AvgIpc) is 2.94. The molecule has 0 spiro atoms. The largest absolute Gasteiger partial charge is 0.353 e. The molecule has 0 radical (unpaired) electrons. The van der Waals surface area contributed by atoms with Crippen molar-refractivity contribution >= 4 is 38.8 Å². The van der Waals surface area contributed by atoms with Crippen molar-refractivity contribution in [3.8, 4) is 0 Å². The zero-order valence-electron chi connectivity index (χ0n) is 17.7. The van der Waals surface area contributed by atoms with Crippen LogP contribution < -0.4 is 5.32 Å². The van der Waals surface area contributed by atoms with Crippen molar-refractivity contribution < 1.29 is 22.8 Å². The standard InChI is InChI=1S/C20H28N4O5S2/c1-15-4-6-17(7-5-15)31(28,29)23-10-3-9-22(12-13-23)16(2)19(26)21-8-11-24-18(25)14-30-20(24)27/h4-7,16H,3,8-14H2,1-2H3,(H,21,26)/t16-/m0/s1. The molecule has 1 aromatic carbocycles. The minimum absolute atomic E-state index is 0.152. The van der Waals surface area contributed by atoms with Gasteiger partial charge in [0.1, 0.15) is 0 Å². The fourth-order valence-electron chi connectivity index (χ4n) is 3.60. The number of hydrogen-bond donors (Lipinski definition) is 1. The van der Waals surface area contributed by atoms with Crippen LogP contribution in [0.15, 0.2) is 29.2 Å². The first-order valence-electron chi connectivity index (χ1n) is 10.3. The Labute approximate surface area is 187 Å². The van der Waals surface area contributed by atoms with Crippen LogP contribution in [0.5, 0.6) is 0 Å². The van der Waals surface area contributed by atoms with Crippen molar-refractivity contribution in [2.24, 2.45) is 0 Å². The topological polar surface area (TPSA) is 107 Å². The number of aryl methyl sites for hydroxylation is 1. The predicted molar refractivity (Wildman–Crippen MR) is 118 cm³/mol. The number of carbonyl (C=O) groups excluding carboxylic acids is 3. The first-order chi connectivity index (χ1) is 14.7. The van der Waals surface area contributed by atoms with E-state index in [4.69, 9.17) is 0 Å². The molecule has 1 N–H and O–H groups in total. The summed E-state index contributed by atoms with van der Waals surface area (Å²) in [5.41, 5.74) is 0.998. The molecule has 170 valence electrons. The van der Waals surface area contributed by atoms with Gasteiger partial charge in [-0.1, -0.05) is 29.5 Å². The van der Waals surface area contributed by atoms with E-state index in [1.54, 1.807) is 31.2 Å². The van der Waals surface area contributed by atoms with E-state index in [0.29, 0.717) is 32.6 Å². The maximum Gasteiger partial charge on any atom is 0.288 e. The molecule has 0 bridgehead atoms. The van der Waals surface area contributed by atoms with Gasteiger partial charge in [0.05, 0.1) is 16.7 Å². The lowest BCUT2D eigenvalue weighted by Crippen LogP contribution is -2.48. The van der Waals surface area contributed by atoms with Crippen LogP contribution in [0.3, 0.4) is 0 Å². The predicted octanol–water partition coefficient (Wildman–Crippen LogP) is 0.892. The number of carbonyl (C=O) groups is 3. The Morgan fingerprint density at radius 3 is 2.48 bits per heavy atom. The van der Waals surface area contributed by atoms with Crippen molar-refractivity contribution in [1.82, 2.24) is 19.4 Å². The van der Waals surface area contributed by atoms with Gasteiger partial charge in [0.15, 0.2) is 0 Å². The number of rotatable bonds is 7. The summed E-state index contributed by atoms with van der Waals surface area (Å²) in [7, 11) is -3.57. The summed E-state index contributed by atoms with van der Waals surface area (Å²) in [6.07, 6.45) is 0.622. The number of hydrogen-bond acceptors (Lipinski definition) is 7. The van der Waals surface area contributed by atoms with E-state index in [9.17, 15) is 22.8 Å². The van der Waals surface area contributed by atoms with Crippen molar-refractivity contribution in [2.45, 2.75) is 31.2 Å². The molecule has 3 amide bonds. The van der Waals surface area contributed by atoms with E-state index in [1.807, 2.05) is 11.8 Å². The molecule has 2 heterocycles. The third kappa shape index (κ3) is 5.65. The Morgan fingerprint density at radius 1 is 1.13 bits per heavy atom. The Hall–Kier alpha value is -1.95. The second-order valence-electron chi connectivity index (χ2n) is 7.67. The van der Waals surface area contributed by atoms with Crippen molar-refractivity contribution in [3.05, 3.63) is 29.8 Å². The normalized spacial score (nSPS) is 20.0. The summed E-state index contributed by atoms with van der Waals surface area (Å²) < 4.78 is 27.4. The molecular formula is C20H28N4O5S2. The second-order valence-corrected chi connectivity index (χ2v) is 10.5. The Morgan fingerprint density at radius 2 is 1.84 bits per heavy atom. The molecule has 3 rings (SSSR count). The number of thioether (sulfide) groups is 1. The highest BCUT2D eigenvalue weighted by molar-refractivity contribution is 8.14. The van der Waals surface area contributed by atoms with Crippen LogP contribution in [0, 0.1) is 6.92 Å². The van der Waals surface area contributed by atoms with Gasteiger partial charge in [0.25, 0.3) is 5.24 Å². The molecule has 31 heavy (non-hydrogen) atoms. The Kier molecular flexibility index (Phi) is 7.73. The third-order valence-corrected chi connectivity index (χ3v) is 8.32. The van der Waals surface area contributed by atoms with Gasteiger partial charge in [0, 0.05) is 39.3 Å². The highest BCUT2D eigenvalue weighted by Gasteiger charge is 2.31. The lowest BCUT2D eigenvalue weighted by molar-refractivity contribution is -0.127. The summed E-state index contributed by atoms with van der Waals surface area (Å²) in [5, 5.41) is 2.49. The van der Waals surface area contributed by atoms with Crippen LogP contribution in [-0.4, -0.2) is 90.6 Å².